The van der Waals surface area contributed by atoms with E-state index in [-0.39, 0.29) is 6.04 Å². The number of methoxy groups -OCH3 is 1. The summed E-state index contributed by atoms with van der Waals surface area (Å²) in [6, 6.07) is 13.8. The molecular weight excluding hydrogens is 330 g/mol. The lowest BCUT2D eigenvalue weighted by molar-refractivity contribution is -0.125. The largest absolute Gasteiger partial charge is 0.496 e. The van der Waals surface area contributed by atoms with Crippen LogP contribution >= 0.6 is 0 Å². The normalized spacial score (nSPS) is 22.6. The van der Waals surface area contributed by atoms with Gasteiger partial charge in [0.05, 0.1) is 13.2 Å². The fraction of sp³-hybridized carbons (Fsp3) is 0.300. The first-order chi connectivity index (χ1) is 12.7. The van der Waals surface area contributed by atoms with Crippen molar-refractivity contribution in [3.05, 3.63) is 59.2 Å². The number of carbonyl (C=O) groups excluding carboxylic acids is 1. The van der Waals surface area contributed by atoms with Gasteiger partial charge in [-0.15, -0.1) is 0 Å². The van der Waals surface area contributed by atoms with Crippen LogP contribution in [0.15, 0.2) is 47.5 Å². The summed E-state index contributed by atoms with van der Waals surface area (Å²) in [5.74, 6) is 0.299. The zero-order valence-corrected chi connectivity index (χ0v) is 14.6. The van der Waals surface area contributed by atoms with Gasteiger partial charge in [0.2, 0.25) is 6.10 Å². The van der Waals surface area contributed by atoms with Gasteiger partial charge in [-0.2, -0.15) is 0 Å². The van der Waals surface area contributed by atoms with Crippen molar-refractivity contribution in [2.45, 2.75) is 31.4 Å². The number of ether oxygens (including phenoxy) is 2. The van der Waals surface area contributed by atoms with Gasteiger partial charge in [0.1, 0.15) is 5.75 Å². The van der Waals surface area contributed by atoms with Crippen molar-refractivity contribution < 1.29 is 14.3 Å². The van der Waals surface area contributed by atoms with E-state index in [4.69, 9.17) is 20.2 Å². The Kier molecular flexibility index (Phi) is 4.24. The van der Waals surface area contributed by atoms with Crippen LogP contribution in [-0.2, 0) is 16.0 Å². The van der Waals surface area contributed by atoms with E-state index in [0.717, 1.165) is 41.8 Å². The van der Waals surface area contributed by atoms with Crippen LogP contribution < -0.4 is 15.8 Å². The first kappa shape index (κ1) is 16.4. The number of rotatable bonds is 3. The van der Waals surface area contributed by atoms with Gasteiger partial charge in [-0.3, -0.25) is 4.79 Å². The molecule has 4 rings (SSSR count). The van der Waals surface area contributed by atoms with Gasteiger partial charge < -0.3 is 20.5 Å². The van der Waals surface area contributed by atoms with E-state index in [2.05, 4.69) is 11.4 Å². The molecule has 6 nitrogen and oxygen atoms in total. The molecule has 0 saturated carbocycles. The van der Waals surface area contributed by atoms with Gasteiger partial charge in [0, 0.05) is 16.8 Å². The van der Waals surface area contributed by atoms with Crippen LogP contribution in [0.3, 0.4) is 0 Å². The Morgan fingerprint density at radius 3 is 2.92 bits per heavy atom. The molecule has 1 heterocycles. The Balaban J connectivity index is 1.72. The van der Waals surface area contributed by atoms with Gasteiger partial charge >= 0.3 is 0 Å². The summed E-state index contributed by atoms with van der Waals surface area (Å²) in [7, 11) is 1.67. The number of fused-ring (bicyclic) bond motifs is 2. The summed E-state index contributed by atoms with van der Waals surface area (Å²) in [4.78, 5) is 16.6. The maximum absolute atomic E-state index is 11.8. The molecule has 134 valence electrons. The lowest BCUT2D eigenvalue weighted by atomic mass is 9.87. The molecule has 26 heavy (non-hydrogen) atoms. The SMILES string of the molecule is COc1cccc2c1C(N=C1Nc3ccccc3C(C(N)=O)O1)CCC2. The molecule has 1 aliphatic heterocycles. The molecule has 3 N–H and O–H groups in total. The maximum atomic E-state index is 11.8. The third-order valence-corrected chi connectivity index (χ3v) is 4.88. The van der Waals surface area contributed by atoms with E-state index >= 15 is 0 Å². The predicted octanol–water partition coefficient (Wildman–Crippen LogP) is 3.10. The molecule has 2 unspecified atom stereocenters. The minimum absolute atomic E-state index is 0.0869. The second kappa shape index (κ2) is 6.71. The zero-order valence-electron chi connectivity index (χ0n) is 14.6. The Morgan fingerprint density at radius 2 is 2.12 bits per heavy atom. The van der Waals surface area contributed by atoms with Crippen molar-refractivity contribution in [1.82, 2.24) is 0 Å². The Hall–Kier alpha value is -3.02. The Bertz CT molecular complexity index is 864. The fourth-order valence-corrected chi connectivity index (χ4v) is 3.70. The predicted molar refractivity (Wildman–Crippen MR) is 99.2 cm³/mol. The monoisotopic (exact) mass is 351 g/mol. The highest BCUT2D eigenvalue weighted by molar-refractivity contribution is 5.97. The summed E-state index contributed by atoms with van der Waals surface area (Å²) in [6.45, 7) is 0. The topological polar surface area (TPSA) is 85.9 Å². The summed E-state index contributed by atoms with van der Waals surface area (Å²) in [5, 5.41) is 3.18. The molecule has 2 aromatic carbocycles. The zero-order chi connectivity index (χ0) is 18.1. The van der Waals surface area contributed by atoms with Crippen molar-refractivity contribution in [3.8, 4) is 5.75 Å². The number of aliphatic imine (C=N–C) groups is 1. The van der Waals surface area contributed by atoms with Crippen molar-refractivity contribution in [2.24, 2.45) is 10.7 Å². The Morgan fingerprint density at radius 1 is 1.27 bits per heavy atom. The quantitative estimate of drug-likeness (QED) is 0.890. The van der Waals surface area contributed by atoms with Gasteiger partial charge in [0.25, 0.3) is 11.9 Å². The van der Waals surface area contributed by atoms with Crippen LogP contribution in [0.4, 0.5) is 5.69 Å². The molecule has 0 fully saturated rings. The standard InChI is InChI=1S/C20H21N3O3/c1-25-16-11-5-7-12-6-4-10-15(17(12)16)23-20-22-14-9-3-2-8-13(14)18(26-20)19(21)24/h2-3,5,7-9,11,15,18H,4,6,10H2,1H3,(H2,21,24)(H,22,23). The number of carbonyl (C=O) groups is 1. The number of aryl methyl sites for hydroxylation is 1. The van der Waals surface area contributed by atoms with Crippen molar-refractivity contribution >= 4 is 17.6 Å². The molecule has 6 heteroatoms. The van der Waals surface area contributed by atoms with Crippen molar-refractivity contribution in [2.75, 3.05) is 12.4 Å². The molecule has 2 atom stereocenters. The van der Waals surface area contributed by atoms with E-state index in [1.807, 2.05) is 36.4 Å². The number of amides is 1. The highest BCUT2D eigenvalue weighted by Crippen LogP contribution is 2.39. The van der Waals surface area contributed by atoms with Crippen LogP contribution in [0.1, 0.15) is 41.7 Å². The van der Waals surface area contributed by atoms with Crippen LogP contribution in [-0.4, -0.2) is 19.0 Å². The summed E-state index contributed by atoms with van der Waals surface area (Å²) in [6.07, 6.45) is 2.10. The highest BCUT2D eigenvalue weighted by Gasteiger charge is 2.31. The van der Waals surface area contributed by atoms with Crippen molar-refractivity contribution in [3.63, 3.8) is 0 Å². The fourth-order valence-electron chi connectivity index (χ4n) is 3.70. The number of anilines is 1. The second-order valence-electron chi connectivity index (χ2n) is 6.49. The molecular formula is C20H21N3O3. The number of nitrogens with zero attached hydrogens (tertiary/aromatic N) is 1. The number of hydrogen-bond donors (Lipinski definition) is 2. The van der Waals surface area contributed by atoms with Crippen molar-refractivity contribution in [1.29, 1.82) is 0 Å². The molecule has 0 bridgehead atoms. The van der Waals surface area contributed by atoms with Gasteiger partial charge in [-0.25, -0.2) is 4.99 Å². The third kappa shape index (κ3) is 2.87. The van der Waals surface area contributed by atoms with Gasteiger partial charge in [-0.1, -0.05) is 30.3 Å². The van der Waals surface area contributed by atoms with E-state index in [1.54, 1.807) is 7.11 Å². The molecule has 1 aliphatic carbocycles. The molecule has 2 aliphatic rings. The second-order valence-corrected chi connectivity index (χ2v) is 6.49. The molecule has 2 aromatic rings. The maximum Gasteiger partial charge on any atom is 0.290 e. The minimum Gasteiger partial charge on any atom is -0.496 e. The molecule has 0 aromatic heterocycles. The Labute approximate surface area is 152 Å². The number of hydrogen-bond acceptors (Lipinski definition) is 4. The number of amidine groups is 1. The van der Waals surface area contributed by atoms with Crippen LogP contribution in [0.25, 0.3) is 0 Å². The highest BCUT2D eigenvalue weighted by atomic mass is 16.5. The average molecular weight is 351 g/mol. The van der Waals surface area contributed by atoms with Gasteiger partial charge in [0.15, 0.2) is 0 Å². The molecule has 0 spiro atoms. The molecule has 0 saturated heterocycles. The van der Waals surface area contributed by atoms with Crippen LogP contribution in [0.5, 0.6) is 5.75 Å². The minimum atomic E-state index is -0.841. The average Bonchev–Trinajstić information content (AvgIpc) is 2.67. The van der Waals surface area contributed by atoms with Gasteiger partial charge in [-0.05, 0) is 37.0 Å². The number of nitrogens with two attached hydrogens (primary N) is 1. The summed E-state index contributed by atoms with van der Waals surface area (Å²) >= 11 is 0. The van der Waals surface area contributed by atoms with E-state index in [9.17, 15) is 4.79 Å². The summed E-state index contributed by atoms with van der Waals surface area (Å²) < 4.78 is 11.3. The van der Waals surface area contributed by atoms with Crippen LogP contribution in [0.2, 0.25) is 0 Å². The van der Waals surface area contributed by atoms with Crippen LogP contribution in [0, 0.1) is 0 Å². The summed E-state index contributed by atoms with van der Waals surface area (Å²) in [5.41, 5.74) is 9.38. The van der Waals surface area contributed by atoms with E-state index in [0.29, 0.717) is 6.02 Å². The number of primary amides is 1. The smallest absolute Gasteiger partial charge is 0.290 e. The molecule has 0 radical (unpaired) electrons. The first-order valence-corrected chi connectivity index (χ1v) is 8.73. The third-order valence-electron chi connectivity index (χ3n) is 4.88. The lowest BCUT2D eigenvalue weighted by Gasteiger charge is -2.29. The first-order valence-electron chi connectivity index (χ1n) is 8.73. The number of para-hydroxylation sites is 1. The number of benzene rings is 2. The number of nitrogens with one attached hydrogen (secondary N) is 1. The lowest BCUT2D eigenvalue weighted by Crippen LogP contribution is -2.34. The van der Waals surface area contributed by atoms with E-state index in [1.165, 1.54) is 5.56 Å². The molecule has 1 amide bonds. The van der Waals surface area contributed by atoms with E-state index < -0.39 is 12.0 Å².